The topological polar surface area (TPSA) is 126 Å². The van der Waals surface area contributed by atoms with Crippen LogP contribution in [0.5, 0.6) is 0 Å². The van der Waals surface area contributed by atoms with E-state index in [0.29, 0.717) is 11.7 Å². The van der Waals surface area contributed by atoms with Crippen LogP contribution in [0.15, 0.2) is 4.52 Å². The smallest absolute Gasteiger partial charge is 0.326 e. The van der Waals surface area contributed by atoms with Crippen LogP contribution in [0, 0.1) is 0 Å². The number of carbonyl (C=O) groups is 3. The molecule has 1 unspecified atom stereocenters. The van der Waals surface area contributed by atoms with Crippen molar-refractivity contribution in [3.05, 3.63) is 11.7 Å². The average Bonchev–Trinajstić information content (AvgIpc) is 2.97. The number of aryl methyl sites for hydroxylation is 1. The van der Waals surface area contributed by atoms with E-state index in [9.17, 15) is 14.4 Å². The van der Waals surface area contributed by atoms with Gasteiger partial charge in [-0.3, -0.25) is 9.59 Å². The van der Waals surface area contributed by atoms with Crippen molar-refractivity contribution in [1.82, 2.24) is 20.4 Å². The second kappa shape index (κ2) is 8.99. The fourth-order valence-electron chi connectivity index (χ4n) is 1.98. The van der Waals surface area contributed by atoms with Gasteiger partial charge in [0.25, 0.3) is 0 Å². The van der Waals surface area contributed by atoms with Gasteiger partial charge in [0.1, 0.15) is 6.04 Å². The lowest BCUT2D eigenvalue weighted by molar-refractivity contribution is -0.149. The number of hydrogen-bond acceptors (Lipinski definition) is 6. The molecule has 0 saturated heterocycles. The summed E-state index contributed by atoms with van der Waals surface area (Å²) in [4.78, 5) is 39.8. The average molecular weight is 340 g/mol. The molecule has 0 bridgehead atoms. The fourth-order valence-corrected chi connectivity index (χ4v) is 1.98. The van der Waals surface area contributed by atoms with E-state index in [0.717, 1.165) is 0 Å². The van der Waals surface area contributed by atoms with Gasteiger partial charge in [-0.05, 0) is 6.92 Å². The predicted molar refractivity (Wildman–Crippen MR) is 84.2 cm³/mol. The predicted octanol–water partition coefficient (Wildman–Crippen LogP) is 0.563. The number of nitrogens with zero attached hydrogens (tertiary/aromatic N) is 3. The first-order chi connectivity index (χ1) is 11.2. The Morgan fingerprint density at radius 3 is 2.46 bits per heavy atom. The summed E-state index contributed by atoms with van der Waals surface area (Å²) < 4.78 is 5.07. The van der Waals surface area contributed by atoms with E-state index in [1.807, 2.05) is 13.8 Å². The third-order valence-electron chi connectivity index (χ3n) is 3.42. The second-order valence-corrected chi connectivity index (χ2v) is 5.79. The molecule has 0 aliphatic heterocycles. The van der Waals surface area contributed by atoms with Crippen molar-refractivity contribution in [1.29, 1.82) is 0 Å². The van der Waals surface area contributed by atoms with Crippen LogP contribution < -0.4 is 5.32 Å². The lowest BCUT2D eigenvalue weighted by Crippen LogP contribution is -2.46. The Morgan fingerprint density at radius 2 is 1.96 bits per heavy atom. The van der Waals surface area contributed by atoms with Crippen LogP contribution in [-0.4, -0.2) is 57.1 Å². The van der Waals surface area contributed by atoms with Gasteiger partial charge in [-0.2, -0.15) is 4.98 Å². The first-order valence-corrected chi connectivity index (χ1v) is 7.81. The van der Waals surface area contributed by atoms with Crippen LogP contribution >= 0.6 is 0 Å². The minimum Gasteiger partial charge on any atom is -0.480 e. The molecule has 0 saturated carbocycles. The molecule has 1 aromatic heterocycles. The highest BCUT2D eigenvalue weighted by molar-refractivity contribution is 5.83. The van der Waals surface area contributed by atoms with Gasteiger partial charge < -0.3 is 19.8 Å². The number of aromatic nitrogens is 2. The van der Waals surface area contributed by atoms with Gasteiger partial charge in [0.2, 0.25) is 17.7 Å². The number of carbonyl (C=O) groups excluding carboxylic acids is 2. The summed E-state index contributed by atoms with van der Waals surface area (Å²) in [6, 6.07) is -0.986. The molecule has 1 rings (SSSR count). The molecular weight excluding hydrogens is 316 g/mol. The van der Waals surface area contributed by atoms with Gasteiger partial charge in [0.15, 0.2) is 5.82 Å². The Bertz CT molecular complexity index is 584. The summed E-state index contributed by atoms with van der Waals surface area (Å²) in [7, 11) is 0. The van der Waals surface area contributed by atoms with E-state index in [1.54, 1.807) is 0 Å². The lowest BCUT2D eigenvalue weighted by atomic mass is 10.2. The van der Waals surface area contributed by atoms with E-state index in [2.05, 4.69) is 15.5 Å². The van der Waals surface area contributed by atoms with Crippen LogP contribution in [-0.2, 0) is 20.8 Å². The van der Waals surface area contributed by atoms with Crippen LogP contribution in [0.4, 0.5) is 0 Å². The molecule has 9 nitrogen and oxygen atoms in total. The molecule has 2 amide bonds. The molecule has 9 heteroatoms. The van der Waals surface area contributed by atoms with Crippen molar-refractivity contribution in [2.24, 2.45) is 0 Å². The van der Waals surface area contributed by atoms with Gasteiger partial charge in [-0.25, -0.2) is 4.79 Å². The van der Waals surface area contributed by atoms with Crippen molar-refractivity contribution in [2.75, 3.05) is 13.1 Å². The van der Waals surface area contributed by atoms with Gasteiger partial charge in [0.05, 0.1) is 0 Å². The van der Waals surface area contributed by atoms with Crippen molar-refractivity contribution in [2.45, 2.75) is 52.5 Å². The number of carboxylic acids is 1. The fraction of sp³-hybridized carbons (Fsp3) is 0.667. The third kappa shape index (κ3) is 5.98. The zero-order valence-corrected chi connectivity index (χ0v) is 14.4. The molecule has 24 heavy (non-hydrogen) atoms. The maximum Gasteiger partial charge on any atom is 0.326 e. The Morgan fingerprint density at radius 1 is 1.29 bits per heavy atom. The second-order valence-electron chi connectivity index (χ2n) is 5.79. The van der Waals surface area contributed by atoms with Crippen LogP contribution in [0.3, 0.4) is 0 Å². The highest BCUT2D eigenvalue weighted by atomic mass is 16.5. The highest BCUT2D eigenvalue weighted by Gasteiger charge is 2.25. The zero-order chi connectivity index (χ0) is 18.3. The molecule has 0 aliphatic rings. The van der Waals surface area contributed by atoms with Crippen molar-refractivity contribution < 1.29 is 24.0 Å². The van der Waals surface area contributed by atoms with Gasteiger partial charge in [-0.15, -0.1) is 0 Å². The molecule has 0 aromatic carbocycles. The summed E-state index contributed by atoms with van der Waals surface area (Å²) in [5.74, 6) is -0.654. The number of hydrogen-bond donors (Lipinski definition) is 2. The quantitative estimate of drug-likeness (QED) is 0.673. The van der Waals surface area contributed by atoms with Crippen molar-refractivity contribution in [3.8, 4) is 0 Å². The van der Waals surface area contributed by atoms with Crippen LogP contribution in [0.25, 0.3) is 0 Å². The van der Waals surface area contributed by atoms with Gasteiger partial charge in [0, 0.05) is 38.8 Å². The summed E-state index contributed by atoms with van der Waals surface area (Å²) in [5, 5.41) is 15.5. The summed E-state index contributed by atoms with van der Waals surface area (Å²) in [5.41, 5.74) is 0. The minimum absolute atomic E-state index is 0.0530. The molecule has 0 fully saturated rings. The van der Waals surface area contributed by atoms with E-state index in [-0.39, 0.29) is 43.7 Å². The molecule has 1 atom stereocenters. The first-order valence-electron chi connectivity index (χ1n) is 7.81. The standard InChI is InChI=1S/C15H24N4O5/c1-9(2)14-17-12(24-18-14)5-6-13(21)19(10(3)15(22)23)8-7-16-11(4)20/h9-10H,5-8H2,1-4H3,(H,16,20)(H,22,23). The lowest BCUT2D eigenvalue weighted by Gasteiger charge is -2.26. The molecule has 1 aromatic rings. The molecular formula is C15H24N4O5. The maximum absolute atomic E-state index is 12.3. The SMILES string of the molecule is CC(=O)NCCN(C(=O)CCc1nc(C(C)C)no1)C(C)C(=O)O. The van der Waals surface area contributed by atoms with Gasteiger partial charge in [-0.1, -0.05) is 19.0 Å². The number of rotatable bonds is 9. The van der Waals surface area contributed by atoms with E-state index in [4.69, 9.17) is 9.63 Å². The largest absolute Gasteiger partial charge is 0.480 e. The number of carboxylic acid groups (broad SMARTS) is 1. The first kappa shape index (κ1) is 19.6. The molecule has 0 spiro atoms. The summed E-state index contributed by atoms with van der Waals surface area (Å²) in [6.45, 7) is 6.95. The van der Waals surface area contributed by atoms with Crippen molar-refractivity contribution >= 4 is 17.8 Å². The Labute approximate surface area is 140 Å². The van der Waals surface area contributed by atoms with E-state index >= 15 is 0 Å². The molecule has 2 N–H and O–H groups in total. The minimum atomic E-state index is -1.11. The number of nitrogens with one attached hydrogen (secondary N) is 1. The zero-order valence-electron chi connectivity index (χ0n) is 14.4. The molecule has 134 valence electrons. The van der Waals surface area contributed by atoms with Crippen molar-refractivity contribution in [3.63, 3.8) is 0 Å². The Hall–Kier alpha value is -2.45. The summed E-state index contributed by atoms with van der Waals surface area (Å²) >= 11 is 0. The third-order valence-corrected chi connectivity index (χ3v) is 3.42. The number of aliphatic carboxylic acids is 1. The van der Waals surface area contributed by atoms with Crippen LogP contribution in [0.1, 0.15) is 51.7 Å². The molecule has 0 aliphatic carbocycles. The Kier molecular flexibility index (Phi) is 7.34. The van der Waals surface area contributed by atoms with E-state index in [1.165, 1.54) is 18.7 Å². The monoisotopic (exact) mass is 340 g/mol. The molecule has 0 radical (unpaired) electrons. The maximum atomic E-state index is 12.3. The normalized spacial score (nSPS) is 12.0. The van der Waals surface area contributed by atoms with Crippen LogP contribution in [0.2, 0.25) is 0 Å². The van der Waals surface area contributed by atoms with E-state index < -0.39 is 12.0 Å². The summed E-state index contributed by atoms with van der Waals surface area (Å²) in [6.07, 6.45) is 0.291. The van der Waals surface area contributed by atoms with Gasteiger partial charge >= 0.3 is 5.97 Å². The Balaban J connectivity index is 2.64. The highest BCUT2D eigenvalue weighted by Crippen LogP contribution is 2.12. The number of amides is 2. The molecule has 1 heterocycles.